The molecule has 0 aliphatic carbocycles. The van der Waals surface area contributed by atoms with Crippen molar-refractivity contribution in [1.82, 2.24) is 25.6 Å². The van der Waals surface area contributed by atoms with Crippen LogP contribution in [0.25, 0.3) is 22.5 Å². The number of rotatable bonds is 30. The van der Waals surface area contributed by atoms with Crippen LogP contribution in [0.2, 0.25) is 0 Å². The van der Waals surface area contributed by atoms with E-state index < -0.39 is 0 Å². The number of carbonyl (C=O) groups excluding carboxylic acids is 3. The number of para-hydroxylation sites is 1. The smallest absolute Gasteiger partial charge is 0.227 e. The first-order valence-corrected chi connectivity index (χ1v) is 20.6. The molecular formula is C44H68N6O8. The standard InChI is InChI=1S/C43H64N6O8.CH4/c1-34(2)18-22-49-43-38-14-6-7-15-39(38)48(33-35-11-4-5-13-37(35)42(43)46-47-49)41(52)17-16-36(50)12-8-23-53-27-30-56-26-19-40(51)45-21-10-25-55-29-32-57-31-28-54-24-9-20-44-3;/h4-7,11,13-15,34,44H,8-10,12,16-33H2,1-3H3,(H,45,51);1H4. The van der Waals surface area contributed by atoms with Gasteiger partial charge in [-0.15, -0.1) is 5.10 Å². The summed E-state index contributed by atoms with van der Waals surface area (Å²) in [4.78, 5) is 40.5. The van der Waals surface area contributed by atoms with Crippen molar-refractivity contribution in [2.24, 2.45) is 5.92 Å². The van der Waals surface area contributed by atoms with Gasteiger partial charge in [0.1, 0.15) is 11.5 Å². The highest BCUT2D eigenvalue weighted by atomic mass is 16.5. The second-order valence-corrected chi connectivity index (χ2v) is 14.5. The molecule has 4 rings (SSSR count). The first kappa shape index (κ1) is 48.3. The molecule has 0 fully saturated rings. The van der Waals surface area contributed by atoms with Gasteiger partial charge in [0.2, 0.25) is 11.8 Å². The van der Waals surface area contributed by atoms with E-state index in [1.807, 2.05) is 60.3 Å². The number of hydrogen-bond acceptors (Lipinski definition) is 11. The van der Waals surface area contributed by atoms with Crippen LogP contribution in [0.4, 0.5) is 5.69 Å². The minimum Gasteiger partial charge on any atom is -0.379 e. The van der Waals surface area contributed by atoms with Gasteiger partial charge in [-0.1, -0.05) is 69.0 Å². The largest absolute Gasteiger partial charge is 0.379 e. The molecule has 0 saturated heterocycles. The lowest BCUT2D eigenvalue weighted by Gasteiger charge is -2.29. The Balaban J connectivity index is 0.00000900. The Morgan fingerprint density at radius 1 is 0.707 bits per heavy atom. The molecule has 2 N–H and O–H groups in total. The molecule has 3 aromatic rings. The predicted molar refractivity (Wildman–Crippen MR) is 227 cm³/mol. The van der Waals surface area contributed by atoms with Crippen LogP contribution in [0, 0.1) is 5.92 Å². The number of ketones is 1. The van der Waals surface area contributed by atoms with Gasteiger partial charge >= 0.3 is 0 Å². The molecule has 0 saturated carbocycles. The lowest BCUT2D eigenvalue weighted by Crippen LogP contribution is -2.32. The van der Waals surface area contributed by atoms with Crippen molar-refractivity contribution < 1.29 is 38.1 Å². The highest BCUT2D eigenvalue weighted by Gasteiger charge is 2.29. The number of carbonyl (C=O) groups is 3. The lowest BCUT2D eigenvalue weighted by molar-refractivity contribution is -0.124. The number of hydrogen-bond donors (Lipinski definition) is 2. The first-order valence-electron chi connectivity index (χ1n) is 20.6. The van der Waals surface area contributed by atoms with Crippen LogP contribution in [0.15, 0.2) is 48.5 Å². The van der Waals surface area contributed by atoms with Gasteiger partial charge in [0.15, 0.2) is 0 Å². The van der Waals surface area contributed by atoms with Gasteiger partial charge in [0, 0.05) is 69.7 Å². The molecule has 1 aromatic heterocycles. The summed E-state index contributed by atoms with van der Waals surface area (Å²) in [5.41, 5.74) is 5.37. The van der Waals surface area contributed by atoms with Gasteiger partial charge in [-0.25, -0.2) is 4.68 Å². The molecule has 1 aliphatic heterocycles. The molecule has 2 amide bonds. The van der Waals surface area contributed by atoms with Crippen molar-refractivity contribution in [2.75, 3.05) is 91.1 Å². The SMILES string of the molecule is C.CNCCCOCCOCCOCCCNC(=O)CCOCCOCCCC(=O)CCC(=O)N1Cc2ccccc2-c2nnn(CCC(C)C)c2-c2ccccc21. The van der Waals surface area contributed by atoms with Crippen molar-refractivity contribution in [2.45, 2.75) is 85.7 Å². The summed E-state index contributed by atoms with van der Waals surface area (Å²) in [5, 5.41) is 15.1. The number of benzene rings is 2. The average molecular weight is 809 g/mol. The molecule has 14 heteroatoms. The van der Waals surface area contributed by atoms with Crippen molar-refractivity contribution in [3.63, 3.8) is 0 Å². The van der Waals surface area contributed by atoms with Gasteiger partial charge in [-0.2, -0.15) is 0 Å². The first-order chi connectivity index (χ1) is 27.9. The Labute approximate surface area is 345 Å². The molecule has 14 nitrogen and oxygen atoms in total. The zero-order valence-corrected chi connectivity index (χ0v) is 34.3. The van der Waals surface area contributed by atoms with E-state index >= 15 is 0 Å². The predicted octanol–water partition coefficient (Wildman–Crippen LogP) is 5.86. The zero-order chi connectivity index (χ0) is 40.5. The summed E-state index contributed by atoms with van der Waals surface area (Å²) in [7, 11) is 1.92. The van der Waals surface area contributed by atoms with Crippen LogP contribution >= 0.6 is 0 Å². The van der Waals surface area contributed by atoms with Crippen molar-refractivity contribution in [3.05, 3.63) is 54.1 Å². The topological polar surface area (TPSA) is 155 Å². The molecule has 0 unspecified atom stereocenters. The van der Waals surface area contributed by atoms with E-state index in [2.05, 4.69) is 34.8 Å². The number of amides is 2. The van der Waals surface area contributed by atoms with E-state index in [1.54, 1.807) is 4.90 Å². The summed E-state index contributed by atoms with van der Waals surface area (Å²) >= 11 is 0. The van der Waals surface area contributed by atoms with Crippen LogP contribution in [0.3, 0.4) is 0 Å². The number of fused-ring (bicyclic) bond motifs is 5. The Bertz CT molecular complexity index is 1630. The number of nitrogens with zero attached hydrogens (tertiary/aromatic N) is 4. The van der Waals surface area contributed by atoms with Gasteiger partial charge in [0.05, 0.1) is 64.2 Å². The summed E-state index contributed by atoms with van der Waals surface area (Å²) in [5.74, 6) is 0.365. The molecule has 2 heterocycles. The fourth-order valence-corrected chi connectivity index (χ4v) is 6.32. The van der Waals surface area contributed by atoms with Crippen molar-refractivity contribution in [1.29, 1.82) is 0 Å². The van der Waals surface area contributed by atoms with Gasteiger partial charge in [-0.3, -0.25) is 14.4 Å². The monoisotopic (exact) mass is 809 g/mol. The van der Waals surface area contributed by atoms with Crippen molar-refractivity contribution in [3.8, 4) is 22.5 Å². The van der Waals surface area contributed by atoms with Crippen LogP contribution in [-0.4, -0.2) is 119 Å². The number of nitrogens with one attached hydrogen (secondary N) is 2. The van der Waals surface area contributed by atoms with Gasteiger partial charge in [-0.05, 0) is 56.8 Å². The van der Waals surface area contributed by atoms with Crippen LogP contribution in [-0.2, 0) is 51.2 Å². The number of ether oxygens (including phenoxy) is 5. The minimum absolute atomic E-state index is 0. The Morgan fingerprint density at radius 2 is 1.31 bits per heavy atom. The maximum atomic E-state index is 13.9. The molecule has 58 heavy (non-hydrogen) atoms. The van der Waals surface area contributed by atoms with Crippen molar-refractivity contribution >= 4 is 23.3 Å². The number of aromatic nitrogens is 3. The van der Waals surface area contributed by atoms with Gasteiger partial charge < -0.3 is 39.2 Å². The molecule has 322 valence electrons. The molecule has 0 bridgehead atoms. The third-order valence-corrected chi connectivity index (χ3v) is 9.46. The molecule has 2 aromatic carbocycles. The van der Waals surface area contributed by atoms with E-state index in [0.717, 1.165) is 72.7 Å². The van der Waals surface area contributed by atoms with E-state index in [1.165, 1.54) is 0 Å². The third-order valence-electron chi connectivity index (χ3n) is 9.46. The Kier molecular flexibility index (Phi) is 23.6. The minimum atomic E-state index is -0.100. The maximum absolute atomic E-state index is 13.9. The Hall–Kier alpha value is -4.05. The number of anilines is 1. The molecule has 0 radical (unpaired) electrons. The summed E-state index contributed by atoms with van der Waals surface area (Å²) < 4.78 is 29.6. The third kappa shape index (κ3) is 17.0. The van der Waals surface area contributed by atoms with Crippen LogP contribution in [0.1, 0.15) is 78.2 Å². The van der Waals surface area contributed by atoms with E-state index in [-0.39, 0.29) is 44.3 Å². The number of aryl methyl sites for hydroxylation is 1. The van der Waals surface area contributed by atoms with E-state index in [4.69, 9.17) is 23.7 Å². The van der Waals surface area contributed by atoms with Crippen LogP contribution < -0.4 is 15.5 Å². The maximum Gasteiger partial charge on any atom is 0.227 e. The Morgan fingerprint density at radius 3 is 2.00 bits per heavy atom. The van der Waals surface area contributed by atoms with Crippen LogP contribution in [0.5, 0.6) is 0 Å². The molecule has 0 atom stereocenters. The normalized spacial score (nSPS) is 12.0. The zero-order valence-electron chi connectivity index (χ0n) is 34.3. The highest BCUT2D eigenvalue weighted by molar-refractivity contribution is 6.01. The fraction of sp³-hybridized carbons (Fsp3) is 0.614. The van der Waals surface area contributed by atoms with E-state index in [9.17, 15) is 14.4 Å². The summed E-state index contributed by atoms with van der Waals surface area (Å²) in [6.45, 7) is 11.9. The van der Waals surface area contributed by atoms with E-state index in [0.29, 0.717) is 91.3 Å². The summed E-state index contributed by atoms with van der Waals surface area (Å²) in [6.07, 6.45) is 4.12. The molecule has 0 spiro atoms. The quantitative estimate of drug-likeness (QED) is 0.0779. The fourth-order valence-electron chi connectivity index (χ4n) is 6.32. The second-order valence-electron chi connectivity index (χ2n) is 14.5. The highest BCUT2D eigenvalue weighted by Crippen LogP contribution is 2.41. The number of Topliss-reactive ketones (excluding diaryl/α,β-unsaturated/α-hetero) is 1. The lowest BCUT2D eigenvalue weighted by atomic mass is 9.95. The second kappa shape index (κ2) is 28.4. The molecular weight excluding hydrogens is 741 g/mol. The summed E-state index contributed by atoms with van der Waals surface area (Å²) in [6, 6.07) is 15.9. The van der Waals surface area contributed by atoms with Gasteiger partial charge in [0.25, 0.3) is 0 Å². The molecule has 1 aliphatic rings. The average Bonchev–Trinajstić information content (AvgIpc) is 3.63.